The number of benzene rings is 2. The second-order valence-electron chi connectivity index (χ2n) is 8.08. The highest BCUT2D eigenvalue weighted by Crippen LogP contribution is 2.25. The molecule has 1 aliphatic rings. The standard InChI is InChI=1S/C25H23IN4O3/c26-18-1-6-21-22(13-18)23(25(32)28-24(21)31)14-27-19-2-4-20(5-3-19)30-10-8-29(9-11-30)15-17-7-12-33-16-17/h1-7,12-14,16H,8-11,15H2,(H2,28,31,32). The van der Waals surface area contributed by atoms with Gasteiger partial charge in [-0.25, -0.2) is 0 Å². The summed E-state index contributed by atoms with van der Waals surface area (Å²) in [6, 6.07) is 15.6. The third-order valence-electron chi connectivity index (χ3n) is 5.92. The van der Waals surface area contributed by atoms with Crippen molar-refractivity contribution in [1.82, 2.24) is 9.88 Å². The number of fused-ring (bicyclic) bond motifs is 1. The van der Waals surface area contributed by atoms with E-state index in [-0.39, 0.29) is 11.4 Å². The number of H-pyrrole nitrogens is 1. The van der Waals surface area contributed by atoms with Gasteiger partial charge in [0.25, 0.3) is 5.56 Å². The van der Waals surface area contributed by atoms with Gasteiger partial charge >= 0.3 is 0 Å². The van der Waals surface area contributed by atoms with Crippen LogP contribution < -0.4 is 10.5 Å². The van der Waals surface area contributed by atoms with E-state index in [4.69, 9.17) is 4.42 Å². The number of rotatable bonds is 5. The summed E-state index contributed by atoms with van der Waals surface area (Å²) in [5.41, 5.74) is 3.35. The smallest absolute Gasteiger partial charge is 0.258 e. The summed E-state index contributed by atoms with van der Waals surface area (Å²) in [6.45, 7) is 4.86. The monoisotopic (exact) mass is 554 g/mol. The van der Waals surface area contributed by atoms with Gasteiger partial charge in [0.1, 0.15) is 0 Å². The van der Waals surface area contributed by atoms with Crippen LogP contribution in [0.3, 0.4) is 0 Å². The minimum absolute atomic E-state index is 0.178. The van der Waals surface area contributed by atoms with Crippen LogP contribution in [0.4, 0.5) is 11.4 Å². The molecule has 7 nitrogen and oxygen atoms in total. The molecule has 2 N–H and O–H groups in total. The molecular weight excluding hydrogens is 531 g/mol. The molecule has 0 atom stereocenters. The van der Waals surface area contributed by atoms with Crippen LogP contribution in [0.2, 0.25) is 0 Å². The van der Waals surface area contributed by atoms with Crippen molar-refractivity contribution >= 4 is 51.0 Å². The zero-order valence-corrected chi connectivity index (χ0v) is 20.0. The number of pyridine rings is 1. The van der Waals surface area contributed by atoms with E-state index >= 15 is 0 Å². The van der Waals surface area contributed by atoms with Gasteiger partial charge in [-0.3, -0.25) is 19.7 Å². The number of nitrogens with zero attached hydrogens (tertiary/aromatic N) is 3. The number of nitrogens with one attached hydrogen (secondary N) is 1. The molecule has 0 bridgehead atoms. The first-order chi connectivity index (χ1) is 16.1. The predicted octanol–water partition coefficient (Wildman–Crippen LogP) is 4.50. The first-order valence-electron chi connectivity index (χ1n) is 10.7. The summed E-state index contributed by atoms with van der Waals surface area (Å²) < 4.78 is 6.15. The first-order valence-corrected chi connectivity index (χ1v) is 11.8. The van der Waals surface area contributed by atoms with E-state index in [9.17, 15) is 9.90 Å². The molecule has 3 heterocycles. The van der Waals surface area contributed by atoms with E-state index in [1.54, 1.807) is 18.5 Å². The van der Waals surface area contributed by atoms with Gasteiger partial charge in [-0.05, 0) is 71.1 Å². The summed E-state index contributed by atoms with van der Waals surface area (Å²) >= 11 is 2.19. The maximum Gasteiger partial charge on any atom is 0.258 e. The Morgan fingerprint density at radius 2 is 1.85 bits per heavy atom. The van der Waals surface area contributed by atoms with Crippen molar-refractivity contribution < 1.29 is 9.52 Å². The molecule has 0 amide bonds. The molecule has 0 aliphatic carbocycles. The molecule has 0 saturated carbocycles. The van der Waals surface area contributed by atoms with Gasteiger partial charge in [-0.1, -0.05) is 0 Å². The van der Waals surface area contributed by atoms with E-state index in [1.807, 2.05) is 36.6 Å². The quantitative estimate of drug-likeness (QED) is 0.280. The fourth-order valence-electron chi connectivity index (χ4n) is 4.13. The van der Waals surface area contributed by atoms with Crippen molar-refractivity contribution in [3.63, 3.8) is 0 Å². The van der Waals surface area contributed by atoms with Gasteiger partial charge in [-0.15, -0.1) is 0 Å². The lowest BCUT2D eigenvalue weighted by Crippen LogP contribution is -2.45. The number of aromatic amines is 1. The van der Waals surface area contributed by atoms with Crippen LogP contribution in [0.25, 0.3) is 10.8 Å². The fraction of sp³-hybridized carbons (Fsp3) is 0.200. The van der Waals surface area contributed by atoms with Gasteiger partial charge in [0, 0.05) is 64.5 Å². The number of halogens is 1. The van der Waals surface area contributed by atoms with Crippen LogP contribution in [-0.4, -0.2) is 47.4 Å². The molecule has 168 valence electrons. The van der Waals surface area contributed by atoms with Crippen LogP contribution in [0.15, 0.2) is 75.3 Å². The van der Waals surface area contributed by atoms with Gasteiger partial charge in [-0.2, -0.15) is 0 Å². The minimum atomic E-state index is -0.315. The van der Waals surface area contributed by atoms with E-state index in [1.165, 1.54) is 11.3 Å². The van der Waals surface area contributed by atoms with E-state index in [0.29, 0.717) is 16.3 Å². The van der Waals surface area contributed by atoms with Crippen LogP contribution in [0, 0.1) is 3.57 Å². The zero-order chi connectivity index (χ0) is 22.8. The SMILES string of the molecule is O=c1[nH]c(O)c(C=Nc2ccc(N3CCN(Cc4ccoc4)CC3)cc2)c2cc(I)ccc12. The fourth-order valence-corrected chi connectivity index (χ4v) is 4.62. The van der Waals surface area contributed by atoms with Gasteiger partial charge in [0.05, 0.1) is 23.8 Å². The zero-order valence-electron chi connectivity index (χ0n) is 17.9. The first kappa shape index (κ1) is 21.7. The molecule has 8 heteroatoms. The molecule has 2 aromatic carbocycles. The molecule has 1 saturated heterocycles. The number of furan rings is 1. The van der Waals surface area contributed by atoms with Crippen molar-refractivity contribution in [2.75, 3.05) is 31.1 Å². The topological polar surface area (TPSA) is 85.1 Å². The van der Waals surface area contributed by atoms with Crippen molar-refractivity contribution in [3.8, 4) is 5.88 Å². The summed E-state index contributed by atoms with van der Waals surface area (Å²) in [6.07, 6.45) is 5.13. The number of anilines is 1. The van der Waals surface area contributed by atoms with Crippen LogP contribution in [0.1, 0.15) is 11.1 Å². The largest absolute Gasteiger partial charge is 0.494 e. The summed E-state index contributed by atoms with van der Waals surface area (Å²) in [5, 5.41) is 11.5. The Labute approximate surface area is 204 Å². The maximum atomic E-state index is 12.2. The molecule has 0 unspecified atom stereocenters. The Balaban J connectivity index is 1.28. The number of aromatic nitrogens is 1. The van der Waals surface area contributed by atoms with Gasteiger partial charge < -0.3 is 14.4 Å². The highest BCUT2D eigenvalue weighted by atomic mass is 127. The Hall–Kier alpha value is -3.11. The number of hydrogen-bond donors (Lipinski definition) is 2. The molecule has 0 spiro atoms. The van der Waals surface area contributed by atoms with E-state index in [0.717, 1.165) is 42.0 Å². The molecule has 33 heavy (non-hydrogen) atoms. The molecule has 1 aliphatic heterocycles. The highest BCUT2D eigenvalue weighted by molar-refractivity contribution is 14.1. The summed E-state index contributed by atoms with van der Waals surface area (Å²) in [4.78, 5) is 24.0. The second kappa shape index (κ2) is 9.40. The minimum Gasteiger partial charge on any atom is -0.494 e. The summed E-state index contributed by atoms with van der Waals surface area (Å²) in [5.74, 6) is -0.178. The van der Waals surface area contributed by atoms with Crippen molar-refractivity contribution in [3.05, 3.63) is 86.1 Å². The van der Waals surface area contributed by atoms with Crippen LogP contribution in [-0.2, 0) is 6.54 Å². The van der Waals surface area contributed by atoms with Gasteiger partial charge in [0.2, 0.25) is 5.88 Å². The van der Waals surface area contributed by atoms with Crippen molar-refractivity contribution in [2.24, 2.45) is 4.99 Å². The predicted molar refractivity (Wildman–Crippen MR) is 139 cm³/mol. The Bertz CT molecular complexity index is 1340. The average molecular weight is 554 g/mol. The Kier molecular flexibility index (Phi) is 6.19. The maximum absolute atomic E-state index is 12.2. The van der Waals surface area contributed by atoms with Crippen molar-refractivity contribution in [1.29, 1.82) is 0 Å². The Morgan fingerprint density at radius 1 is 1.06 bits per heavy atom. The second-order valence-corrected chi connectivity index (χ2v) is 9.32. The molecule has 1 fully saturated rings. The lowest BCUT2D eigenvalue weighted by Gasteiger charge is -2.36. The number of piperazine rings is 1. The van der Waals surface area contributed by atoms with Crippen LogP contribution in [0.5, 0.6) is 5.88 Å². The van der Waals surface area contributed by atoms with E-state index < -0.39 is 0 Å². The number of aliphatic imine (C=N–C) groups is 1. The normalized spacial score (nSPS) is 15.0. The van der Waals surface area contributed by atoms with Crippen LogP contribution >= 0.6 is 22.6 Å². The van der Waals surface area contributed by atoms with E-state index in [2.05, 4.69) is 54.5 Å². The third kappa shape index (κ3) is 4.81. The molecule has 5 rings (SSSR count). The lowest BCUT2D eigenvalue weighted by atomic mass is 10.1. The number of hydrogen-bond acceptors (Lipinski definition) is 6. The van der Waals surface area contributed by atoms with Crippen molar-refractivity contribution in [2.45, 2.75) is 6.54 Å². The third-order valence-corrected chi connectivity index (χ3v) is 6.59. The Morgan fingerprint density at radius 3 is 2.58 bits per heavy atom. The summed E-state index contributed by atoms with van der Waals surface area (Å²) in [7, 11) is 0. The average Bonchev–Trinajstić information content (AvgIpc) is 3.33. The molecule has 2 aromatic heterocycles. The molecule has 0 radical (unpaired) electrons. The molecular formula is C25H23IN4O3. The lowest BCUT2D eigenvalue weighted by molar-refractivity contribution is 0.249. The van der Waals surface area contributed by atoms with Gasteiger partial charge in [0.15, 0.2) is 0 Å². The highest BCUT2D eigenvalue weighted by Gasteiger charge is 2.17. The molecule has 4 aromatic rings. The number of aromatic hydroxyl groups is 1.